The predicted molar refractivity (Wildman–Crippen MR) is 120 cm³/mol. The van der Waals surface area contributed by atoms with E-state index in [-0.39, 0.29) is 24.1 Å². The van der Waals surface area contributed by atoms with Gasteiger partial charge < -0.3 is 9.88 Å². The summed E-state index contributed by atoms with van der Waals surface area (Å²) < 4.78 is 3.44. The third-order valence-corrected chi connectivity index (χ3v) is 5.22. The number of carbonyl (C=O) groups is 1. The molecule has 4 rings (SSSR count). The second-order valence-corrected chi connectivity index (χ2v) is 8.00. The Labute approximate surface area is 175 Å². The number of aromatic nitrogens is 3. The van der Waals surface area contributed by atoms with Gasteiger partial charge in [-0.05, 0) is 44.9 Å². The molecule has 0 saturated carbocycles. The van der Waals surface area contributed by atoms with Gasteiger partial charge in [0.15, 0.2) is 0 Å². The molecule has 2 aromatic heterocycles. The van der Waals surface area contributed by atoms with Gasteiger partial charge in [-0.3, -0.25) is 14.2 Å². The summed E-state index contributed by atoms with van der Waals surface area (Å²) >= 11 is 0. The van der Waals surface area contributed by atoms with Crippen molar-refractivity contribution < 1.29 is 4.79 Å². The van der Waals surface area contributed by atoms with E-state index in [9.17, 15) is 9.59 Å². The van der Waals surface area contributed by atoms with Crippen molar-refractivity contribution in [1.82, 2.24) is 19.4 Å². The second-order valence-electron chi connectivity index (χ2n) is 8.00. The Hall–Kier alpha value is -3.41. The smallest absolute Gasteiger partial charge is 0.277 e. The van der Waals surface area contributed by atoms with Crippen molar-refractivity contribution in [1.29, 1.82) is 0 Å². The Kier molecular flexibility index (Phi) is 5.40. The first kappa shape index (κ1) is 19.9. The van der Waals surface area contributed by atoms with E-state index in [0.29, 0.717) is 17.6 Å². The molecule has 4 aromatic rings. The summed E-state index contributed by atoms with van der Waals surface area (Å²) in [7, 11) is 0. The normalized spacial score (nSPS) is 11.5. The van der Waals surface area contributed by atoms with Gasteiger partial charge in [0.2, 0.25) is 5.91 Å². The van der Waals surface area contributed by atoms with E-state index < -0.39 is 0 Å². The van der Waals surface area contributed by atoms with Crippen molar-refractivity contribution >= 4 is 27.8 Å². The van der Waals surface area contributed by atoms with Crippen LogP contribution in [0, 0.1) is 6.92 Å². The maximum Gasteiger partial charge on any atom is 0.277 e. The number of benzene rings is 2. The van der Waals surface area contributed by atoms with Crippen molar-refractivity contribution in [2.45, 2.75) is 46.3 Å². The van der Waals surface area contributed by atoms with E-state index in [1.54, 1.807) is 15.5 Å². The molecule has 0 radical (unpaired) electrons. The molecule has 1 amide bonds. The van der Waals surface area contributed by atoms with Crippen molar-refractivity contribution in [2.75, 3.05) is 0 Å². The van der Waals surface area contributed by atoms with Crippen LogP contribution < -0.4 is 10.9 Å². The largest absolute Gasteiger partial charge is 0.352 e. The lowest BCUT2D eigenvalue weighted by Crippen LogP contribution is -2.34. The van der Waals surface area contributed by atoms with Crippen LogP contribution in [0.3, 0.4) is 0 Å². The Morgan fingerprint density at radius 2 is 1.90 bits per heavy atom. The number of hydrogen-bond donors (Lipinski definition) is 1. The number of rotatable bonds is 6. The molecule has 0 fully saturated rings. The molecule has 0 aliphatic heterocycles. The summed E-state index contributed by atoms with van der Waals surface area (Å²) in [5.74, 6) is -0.122. The third kappa shape index (κ3) is 3.85. The minimum atomic E-state index is -0.123. The van der Waals surface area contributed by atoms with E-state index >= 15 is 0 Å². The molecule has 2 heterocycles. The summed E-state index contributed by atoms with van der Waals surface area (Å²) in [5, 5.41) is 3.81. The lowest BCUT2D eigenvalue weighted by molar-refractivity contribution is -0.122. The lowest BCUT2D eigenvalue weighted by atomic mass is 10.1. The van der Waals surface area contributed by atoms with Crippen LogP contribution in [0.15, 0.2) is 59.7 Å². The monoisotopic (exact) mass is 402 g/mol. The summed E-state index contributed by atoms with van der Waals surface area (Å²) in [6, 6.07) is 16.1. The van der Waals surface area contributed by atoms with Gasteiger partial charge in [0, 0.05) is 18.0 Å². The molecule has 154 valence electrons. The van der Waals surface area contributed by atoms with Gasteiger partial charge in [-0.1, -0.05) is 42.0 Å². The van der Waals surface area contributed by atoms with Crippen LogP contribution in [0.25, 0.3) is 21.9 Å². The van der Waals surface area contributed by atoms with Gasteiger partial charge in [-0.15, -0.1) is 0 Å². The summed E-state index contributed by atoms with van der Waals surface area (Å²) in [6.07, 6.45) is 2.36. The second kappa shape index (κ2) is 8.14. The fourth-order valence-corrected chi connectivity index (χ4v) is 3.84. The van der Waals surface area contributed by atoms with Crippen molar-refractivity contribution in [3.05, 3.63) is 76.3 Å². The number of aryl methyl sites for hydroxylation is 3. The summed E-state index contributed by atoms with van der Waals surface area (Å²) in [4.78, 5) is 30.5. The van der Waals surface area contributed by atoms with Crippen LogP contribution in [-0.2, 0) is 24.3 Å². The Morgan fingerprint density at radius 1 is 1.13 bits per heavy atom. The zero-order chi connectivity index (χ0) is 21.3. The van der Waals surface area contributed by atoms with Gasteiger partial charge in [0.05, 0.1) is 11.8 Å². The standard InChI is InChI=1S/C24H26N4O2/c1-16(2)26-21(29)14-28-20-10-9-17(3)13-19(20)22-23(28)24(30)27(15-25-22)12-11-18-7-5-4-6-8-18/h4-10,13,15-16H,11-12,14H2,1-3H3,(H,26,29). The molecule has 6 heteroatoms. The minimum absolute atomic E-state index is 0.0356. The van der Waals surface area contributed by atoms with Crippen molar-refractivity contribution in [3.63, 3.8) is 0 Å². The molecule has 1 N–H and O–H groups in total. The fourth-order valence-electron chi connectivity index (χ4n) is 3.84. The molecule has 0 atom stereocenters. The molecule has 6 nitrogen and oxygen atoms in total. The quantitative estimate of drug-likeness (QED) is 0.537. The van der Waals surface area contributed by atoms with Gasteiger partial charge in [-0.25, -0.2) is 4.98 Å². The molecule has 2 aromatic carbocycles. The first-order valence-electron chi connectivity index (χ1n) is 10.3. The molecule has 0 aliphatic carbocycles. The van der Waals surface area contributed by atoms with E-state index in [1.165, 1.54) is 0 Å². The van der Waals surface area contributed by atoms with Gasteiger partial charge in [-0.2, -0.15) is 0 Å². The maximum absolute atomic E-state index is 13.4. The Bertz CT molecular complexity index is 1270. The number of hydrogen-bond acceptors (Lipinski definition) is 3. The number of nitrogens with one attached hydrogen (secondary N) is 1. The summed E-state index contributed by atoms with van der Waals surface area (Å²) in [5.41, 5.74) is 4.10. The van der Waals surface area contributed by atoms with Gasteiger partial charge >= 0.3 is 0 Å². The Balaban J connectivity index is 1.81. The fraction of sp³-hybridized carbons (Fsp3) is 0.292. The third-order valence-electron chi connectivity index (χ3n) is 5.22. The van der Waals surface area contributed by atoms with Crippen molar-refractivity contribution in [2.24, 2.45) is 0 Å². The van der Waals surface area contributed by atoms with E-state index in [4.69, 9.17) is 0 Å². The molecular formula is C24H26N4O2. The van der Waals surface area contributed by atoms with Crippen LogP contribution in [0.4, 0.5) is 0 Å². The molecule has 0 aliphatic rings. The molecule has 30 heavy (non-hydrogen) atoms. The highest BCUT2D eigenvalue weighted by atomic mass is 16.2. The van der Waals surface area contributed by atoms with Crippen LogP contribution in [0.2, 0.25) is 0 Å². The number of nitrogens with zero attached hydrogens (tertiary/aromatic N) is 3. The van der Waals surface area contributed by atoms with Crippen LogP contribution in [0.5, 0.6) is 0 Å². The zero-order valence-corrected chi connectivity index (χ0v) is 17.6. The number of fused-ring (bicyclic) bond motifs is 3. The molecule has 0 spiro atoms. The summed E-state index contributed by atoms with van der Waals surface area (Å²) in [6.45, 7) is 6.47. The molecule has 0 saturated heterocycles. The molecular weight excluding hydrogens is 376 g/mol. The SMILES string of the molecule is Cc1ccc2c(c1)c1ncn(CCc3ccccc3)c(=O)c1n2CC(=O)NC(C)C. The predicted octanol–water partition coefficient (Wildman–Crippen LogP) is 3.43. The average Bonchev–Trinajstić information content (AvgIpc) is 3.01. The highest BCUT2D eigenvalue weighted by molar-refractivity contribution is 6.06. The van der Waals surface area contributed by atoms with Crippen LogP contribution in [0.1, 0.15) is 25.0 Å². The van der Waals surface area contributed by atoms with Gasteiger partial charge in [0.25, 0.3) is 5.56 Å². The average molecular weight is 402 g/mol. The zero-order valence-electron chi connectivity index (χ0n) is 17.6. The number of amides is 1. The first-order chi connectivity index (χ1) is 14.4. The van der Waals surface area contributed by atoms with Crippen LogP contribution in [-0.4, -0.2) is 26.1 Å². The van der Waals surface area contributed by atoms with Crippen LogP contribution >= 0.6 is 0 Å². The Morgan fingerprint density at radius 3 is 2.63 bits per heavy atom. The van der Waals surface area contributed by atoms with E-state index in [0.717, 1.165) is 28.5 Å². The molecule has 0 unspecified atom stereocenters. The molecule has 0 bridgehead atoms. The number of carbonyl (C=O) groups excluding carboxylic acids is 1. The van der Waals surface area contributed by atoms with E-state index in [1.807, 2.05) is 69.3 Å². The van der Waals surface area contributed by atoms with E-state index in [2.05, 4.69) is 10.3 Å². The first-order valence-corrected chi connectivity index (χ1v) is 10.3. The lowest BCUT2D eigenvalue weighted by Gasteiger charge is -2.11. The topological polar surface area (TPSA) is 68.9 Å². The highest BCUT2D eigenvalue weighted by Crippen LogP contribution is 2.26. The van der Waals surface area contributed by atoms with Crippen molar-refractivity contribution in [3.8, 4) is 0 Å². The van der Waals surface area contributed by atoms with Gasteiger partial charge in [0.1, 0.15) is 17.6 Å². The minimum Gasteiger partial charge on any atom is -0.352 e. The highest BCUT2D eigenvalue weighted by Gasteiger charge is 2.18. The maximum atomic E-state index is 13.4.